The fraction of sp³-hybridized carbons (Fsp3) is 0.312. The summed E-state index contributed by atoms with van der Waals surface area (Å²) in [7, 11) is 0. The van der Waals surface area contributed by atoms with E-state index < -0.39 is 11.7 Å². The van der Waals surface area contributed by atoms with E-state index in [-0.39, 0.29) is 16.9 Å². The zero-order chi connectivity index (χ0) is 19.5. The molecule has 2 rings (SSSR count). The minimum Gasteiger partial charge on any atom is -0.359 e. The number of nitrogens with zero attached hydrogens (tertiary/aromatic N) is 3. The van der Waals surface area contributed by atoms with Gasteiger partial charge in [0.25, 0.3) is 0 Å². The van der Waals surface area contributed by atoms with Crippen LogP contribution in [0.15, 0.2) is 29.4 Å². The predicted molar refractivity (Wildman–Crippen MR) is 99.9 cm³/mol. The number of hydrogen-bond donors (Lipinski definition) is 2. The van der Waals surface area contributed by atoms with Crippen molar-refractivity contribution in [1.29, 1.82) is 0 Å². The van der Waals surface area contributed by atoms with Crippen LogP contribution in [0.4, 0.5) is 13.2 Å². The third kappa shape index (κ3) is 4.95. The van der Waals surface area contributed by atoms with E-state index in [4.69, 9.17) is 23.8 Å². The van der Waals surface area contributed by atoms with Crippen LogP contribution in [0, 0.1) is 6.92 Å². The Labute approximate surface area is 159 Å². The number of thiocarbonyl (C=S) groups is 1. The summed E-state index contributed by atoms with van der Waals surface area (Å²) in [6.45, 7) is 5.54. The van der Waals surface area contributed by atoms with Crippen LogP contribution in [-0.4, -0.2) is 27.1 Å². The minimum absolute atomic E-state index is 0.148. The molecule has 0 amide bonds. The predicted octanol–water partition coefficient (Wildman–Crippen LogP) is 4.06. The summed E-state index contributed by atoms with van der Waals surface area (Å²) < 4.78 is 39.9. The van der Waals surface area contributed by atoms with Crippen molar-refractivity contribution in [3.8, 4) is 5.69 Å². The highest BCUT2D eigenvalue weighted by Gasteiger charge is 2.30. The highest BCUT2D eigenvalue weighted by molar-refractivity contribution is 7.80. The van der Waals surface area contributed by atoms with Crippen LogP contribution in [0.5, 0.6) is 0 Å². The molecule has 1 heterocycles. The van der Waals surface area contributed by atoms with E-state index in [1.54, 1.807) is 6.92 Å². The Balaban J connectivity index is 2.27. The topological polar surface area (TPSA) is 54.2 Å². The van der Waals surface area contributed by atoms with Crippen LogP contribution >= 0.6 is 23.8 Å². The molecule has 0 saturated carbocycles. The summed E-state index contributed by atoms with van der Waals surface area (Å²) in [5.74, 6) is 0. The van der Waals surface area contributed by atoms with Gasteiger partial charge in [0.05, 0.1) is 28.7 Å². The van der Waals surface area contributed by atoms with Gasteiger partial charge in [-0.15, -0.1) is 0 Å². The maximum atomic E-state index is 12.9. The number of hydrogen-bond acceptors (Lipinski definition) is 3. The molecular weight excluding hydrogens is 387 g/mol. The van der Waals surface area contributed by atoms with Crippen molar-refractivity contribution in [2.24, 2.45) is 5.10 Å². The van der Waals surface area contributed by atoms with E-state index in [2.05, 4.69) is 20.9 Å². The Morgan fingerprint density at radius 1 is 1.38 bits per heavy atom. The van der Waals surface area contributed by atoms with Gasteiger partial charge in [-0.2, -0.15) is 23.4 Å². The van der Waals surface area contributed by atoms with E-state index in [0.29, 0.717) is 16.4 Å². The summed E-state index contributed by atoms with van der Waals surface area (Å²) in [6.07, 6.45) is -3.03. The molecule has 0 spiro atoms. The van der Waals surface area contributed by atoms with Crippen LogP contribution in [0.3, 0.4) is 0 Å². The lowest BCUT2D eigenvalue weighted by atomic mass is 10.2. The SMILES string of the molecule is Cc1nn(-c2cccc(C(F)(F)F)c2)c(Cl)c1C=NNC(=S)NC(C)C. The van der Waals surface area contributed by atoms with E-state index >= 15 is 0 Å². The number of alkyl halides is 3. The summed E-state index contributed by atoms with van der Waals surface area (Å²) in [5, 5.41) is 11.6. The van der Waals surface area contributed by atoms with Crippen LogP contribution < -0.4 is 10.7 Å². The molecule has 10 heteroatoms. The van der Waals surface area contributed by atoms with Crippen molar-refractivity contribution in [1.82, 2.24) is 20.5 Å². The quantitative estimate of drug-likeness (QED) is 0.459. The van der Waals surface area contributed by atoms with Crippen molar-refractivity contribution in [2.45, 2.75) is 33.0 Å². The number of benzene rings is 1. The third-order valence-electron chi connectivity index (χ3n) is 3.25. The van der Waals surface area contributed by atoms with Gasteiger partial charge in [0, 0.05) is 6.04 Å². The Kier molecular flexibility index (Phi) is 6.25. The second-order valence-corrected chi connectivity index (χ2v) is 6.51. The van der Waals surface area contributed by atoms with Crippen molar-refractivity contribution >= 4 is 35.1 Å². The lowest BCUT2D eigenvalue weighted by Gasteiger charge is -2.09. The van der Waals surface area contributed by atoms with Crippen LogP contribution in [-0.2, 0) is 6.18 Å². The van der Waals surface area contributed by atoms with Gasteiger partial charge in [-0.3, -0.25) is 5.43 Å². The van der Waals surface area contributed by atoms with Gasteiger partial charge in [-0.25, -0.2) is 4.68 Å². The highest BCUT2D eigenvalue weighted by Crippen LogP contribution is 2.31. The monoisotopic (exact) mass is 403 g/mol. The zero-order valence-electron chi connectivity index (χ0n) is 14.2. The molecule has 0 atom stereocenters. The summed E-state index contributed by atoms with van der Waals surface area (Å²) in [4.78, 5) is 0. The van der Waals surface area contributed by atoms with Crippen LogP contribution in [0.1, 0.15) is 30.7 Å². The fourth-order valence-corrected chi connectivity index (χ4v) is 2.70. The smallest absolute Gasteiger partial charge is 0.359 e. The molecule has 2 N–H and O–H groups in total. The normalized spacial score (nSPS) is 12.0. The second kappa shape index (κ2) is 8.05. The average Bonchev–Trinajstić information content (AvgIpc) is 2.81. The number of aryl methyl sites for hydroxylation is 1. The van der Waals surface area contributed by atoms with Crippen LogP contribution in [0.25, 0.3) is 5.69 Å². The van der Waals surface area contributed by atoms with Gasteiger partial charge in [-0.1, -0.05) is 17.7 Å². The van der Waals surface area contributed by atoms with Crippen LogP contribution in [0.2, 0.25) is 5.15 Å². The lowest BCUT2D eigenvalue weighted by molar-refractivity contribution is -0.137. The van der Waals surface area contributed by atoms with Crippen molar-refractivity contribution < 1.29 is 13.2 Å². The molecule has 0 aliphatic heterocycles. The molecule has 5 nitrogen and oxygen atoms in total. The lowest BCUT2D eigenvalue weighted by Crippen LogP contribution is -2.36. The van der Waals surface area contributed by atoms with Gasteiger partial charge in [0.2, 0.25) is 0 Å². The number of halogens is 4. The summed E-state index contributed by atoms with van der Waals surface area (Å²) in [5.41, 5.74) is 3.06. The Morgan fingerprint density at radius 3 is 2.69 bits per heavy atom. The Hall–Kier alpha value is -2.13. The molecule has 1 aromatic heterocycles. The summed E-state index contributed by atoms with van der Waals surface area (Å²) in [6, 6.07) is 4.92. The van der Waals surface area contributed by atoms with E-state index in [0.717, 1.165) is 12.1 Å². The van der Waals surface area contributed by atoms with Gasteiger partial charge in [-0.05, 0) is 51.2 Å². The molecule has 0 fully saturated rings. The average molecular weight is 404 g/mol. The number of rotatable bonds is 4. The van der Waals surface area contributed by atoms with Gasteiger partial charge < -0.3 is 5.32 Å². The van der Waals surface area contributed by atoms with Crippen molar-refractivity contribution in [2.75, 3.05) is 0 Å². The minimum atomic E-state index is -4.45. The van der Waals surface area contributed by atoms with E-state index in [1.165, 1.54) is 23.0 Å². The van der Waals surface area contributed by atoms with Crippen molar-refractivity contribution in [3.63, 3.8) is 0 Å². The third-order valence-corrected chi connectivity index (χ3v) is 3.82. The van der Waals surface area contributed by atoms with E-state index in [1.807, 2.05) is 13.8 Å². The summed E-state index contributed by atoms with van der Waals surface area (Å²) >= 11 is 11.3. The maximum absolute atomic E-state index is 12.9. The maximum Gasteiger partial charge on any atom is 0.416 e. The molecule has 0 unspecified atom stereocenters. The molecule has 2 aromatic rings. The first-order chi connectivity index (χ1) is 12.1. The molecular formula is C16H17ClF3N5S. The molecule has 0 radical (unpaired) electrons. The zero-order valence-corrected chi connectivity index (χ0v) is 15.8. The van der Waals surface area contributed by atoms with Gasteiger partial charge >= 0.3 is 6.18 Å². The molecule has 1 aromatic carbocycles. The molecule has 0 bridgehead atoms. The number of aromatic nitrogens is 2. The highest BCUT2D eigenvalue weighted by atomic mass is 35.5. The number of nitrogens with one attached hydrogen (secondary N) is 2. The Bertz CT molecular complexity index is 830. The first-order valence-corrected chi connectivity index (χ1v) is 8.40. The van der Waals surface area contributed by atoms with Crippen molar-refractivity contribution in [3.05, 3.63) is 46.2 Å². The standard InChI is InChI=1S/C16H17ClF3N5S/c1-9(2)22-15(26)23-21-8-13-10(3)24-25(14(13)17)12-6-4-5-11(7-12)16(18,19)20/h4-9H,1-3H3,(H2,22,23,26). The molecule has 140 valence electrons. The fourth-order valence-electron chi connectivity index (χ4n) is 2.09. The second-order valence-electron chi connectivity index (χ2n) is 5.75. The molecule has 0 aliphatic rings. The first-order valence-electron chi connectivity index (χ1n) is 7.62. The Morgan fingerprint density at radius 2 is 2.08 bits per heavy atom. The largest absolute Gasteiger partial charge is 0.416 e. The first kappa shape index (κ1) is 20.2. The molecule has 26 heavy (non-hydrogen) atoms. The van der Waals surface area contributed by atoms with Gasteiger partial charge in [0.1, 0.15) is 5.15 Å². The van der Waals surface area contributed by atoms with Gasteiger partial charge in [0.15, 0.2) is 5.11 Å². The van der Waals surface area contributed by atoms with E-state index in [9.17, 15) is 13.2 Å². The number of hydrazone groups is 1. The molecule has 0 aliphatic carbocycles. The molecule has 0 saturated heterocycles.